The second kappa shape index (κ2) is 32.1. The summed E-state index contributed by atoms with van der Waals surface area (Å²) in [6.45, 7) is 2.53. The molecule has 1 aliphatic heterocycles. The van der Waals surface area contributed by atoms with E-state index in [0.29, 0.717) is 68.9 Å². The van der Waals surface area contributed by atoms with E-state index < -0.39 is 84.6 Å². The zero-order valence-corrected chi connectivity index (χ0v) is 44.7. The molecule has 9 amide bonds. The molecule has 1 fully saturated rings. The minimum atomic E-state index is -1.55. The van der Waals surface area contributed by atoms with Crippen molar-refractivity contribution in [2.45, 2.75) is 69.7 Å². The molecule has 0 bridgehead atoms. The third-order valence-electron chi connectivity index (χ3n) is 12.6. The molecule has 26 nitrogen and oxygen atoms in total. The van der Waals surface area contributed by atoms with E-state index in [9.17, 15) is 58.2 Å². The highest BCUT2D eigenvalue weighted by molar-refractivity contribution is 9.10. The first-order chi connectivity index (χ1) is 37.0. The molecule has 3 aromatic rings. The molecule has 0 radical (unpaired) electrons. The molecular weight excluding hydrogens is 1080 g/mol. The molecule has 27 heteroatoms. The number of carboxylic acid groups (broad SMARTS) is 3. The predicted octanol–water partition coefficient (Wildman–Crippen LogP) is -0.272. The van der Waals surface area contributed by atoms with Crippen molar-refractivity contribution >= 4 is 81.1 Å². The van der Waals surface area contributed by atoms with Gasteiger partial charge in [0.15, 0.2) is 0 Å². The van der Waals surface area contributed by atoms with Crippen molar-refractivity contribution < 1.29 is 63.3 Å². The standard InChI is InChI=1S/C51H70BrN13O13/c52-37-12-6-35(7-13-37)27-65(18-2-1-3-40(48(73)74)59-51(78)60-41(49(75)76)16-17-46(70)71)47(72)36-10-4-34(5-11-36)26-57-50(77)58-38-14-8-33(9-15-38)25-39-28-63(31-44(55)68)22-21-61(29-42(53)66)19-20-62(30-43(54)67)23-24-64(39)32-45(56)69/h4-15,39-41H,1-3,16-32H2,(H2,53,66)(H2,54,67)(H2,55,68)(H2,56,69)(H,70,71)(H,73,74)(H,75,76)(H2,57,58,77)(H2,59,60,78)/t39?,40-,41-/m1/s1. The topological polar surface area (TPSA) is 400 Å². The van der Waals surface area contributed by atoms with E-state index in [1.165, 1.54) is 0 Å². The number of benzene rings is 3. The Bertz CT molecular complexity index is 2540. The van der Waals surface area contributed by atoms with Crippen molar-refractivity contribution in [2.24, 2.45) is 22.9 Å². The number of amides is 9. The van der Waals surface area contributed by atoms with Gasteiger partial charge in [0, 0.05) is 93.6 Å². The minimum absolute atomic E-state index is 0.0446. The number of aliphatic carboxylic acids is 3. The smallest absolute Gasteiger partial charge is 0.326 e. The Morgan fingerprint density at radius 3 is 1.63 bits per heavy atom. The number of anilines is 1. The van der Waals surface area contributed by atoms with Crippen LogP contribution in [0.1, 0.15) is 59.2 Å². The van der Waals surface area contributed by atoms with Crippen molar-refractivity contribution in [3.8, 4) is 0 Å². The van der Waals surface area contributed by atoms with E-state index in [1.54, 1.807) is 41.3 Å². The number of carbonyl (C=O) groups is 10. The van der Waals surface area contributed by atoms with Gasteiger partial charge >= 0.3 is 30.0 Å². The highest BCUT2D eigenvalue weighted by Gasteiger charge is 2.28. The van der Waals surface area contributed by atoms with Gasteiger partial charge in [0.25, 0.3) is 5.91 Å². The van der Waals surface area contributed by atoms with Gasteiger partial charge < -0.3 is 64.4 Å². The molecule has 78 heavy (non-hydrogen) atoms. The highest BCUT2D eigenvalue weighted by atomic mass is 79.9. The number of hydrogen-bond donors (Lipinski definition) is 11. The monoisotopic (exact) mass is 1150 g/mol. The average molecular weight is 1150 g/mol. The number of rotatable bonds is 28. The Morgan fingerprint density at radius 1 is 0.590 bits per heavy atom. The van der Waals surface area contributed by atoms with Gasteiger partial charge in [-0.25, -0.2) is 19.2 Å². The molecule has 0 aliphatic carbocycles. The van der Waals surface area contributed by atoms with Crippen LogP contribution in [0.5, 0.6) is 0 Å². The van der Waals surface area contributed by atoms with Crippen molar-refractivity contribution in [2.75, 3.05) is 83.9 Å². The van der Waals surface area contributed by atoms with E-state index in [2.05, 4.69) is 37.2 Å². The van der Waals surface area contributed by atoms with Crippen LogP contribution >= 0.6 is 15.9 Å². The number of nitrogens with one attached hydrogen (secondary N) is 4. The molecule has 4 rings (SSSR count). The van der Waals surface area contributed by atoms with Crippen molar-refractivity contribution in [1.29, 1.82) is 0 Å². The van der Waals surface area contributed by atoms with Crippen LogP contribution in [0.4, 0.5) is 15.3 Å². The van der Waals surface area contributed by atoms with Gasteiger partial charge in [0.05, 0.1) is 26.2 Å². The number of hydrogen-bond acceptors (Lipinski definition) is 14. The van der Waals surface area contributed by atoms with Crippen LogP contribution in [0.2, 0.25) is 0 Å². The number of carboxylic acids is 3. The fourth-order valence-corrected chi connectivity index (χ4v) is 8.89. The quantitative estimate of drug-likeness (QED) is 0.0417. The highest BCUT2D eigenvalue weighted by Crippen LogP contribution is 2.19. The molecule has 424 valence electrons. The number of unbranched alkanes of at least 4 members (excludes halogenated alkanes) is 1. The first kappa shape index (κ1) is 62.8. The molecule has 3 aromatic carbocycles. The number of urea groups is 2. The Labute approximate surface area is 459 Å². The van der Waals surface area contributed by atoms with E-state index in [1.807, 2.05) is 56.0 Å². The van der Waals surface area contributed by atoms with Gasteiger partial charge in [-0.05, 0) is 85.2 Å². The van der Waals surface area contributed by atoms with E-state index in [-0.39, 0.29) is 71.1 Å². The van der Waals surface area contributed by atoms with Crippen LogP contribution < -0.4 is 44.2 Å². The number of nitrogens with two attached hydrogens (primary N) is 4. The summed E-state index contributed by atoms with van der Waals surface area (Å²) in [4.78, 5) is 132. The number of halogens is 1. The molecule has 0 spiro atoms. The summed E-state index contributed by atoms with van der Waals surface area (Å²) in [6.07, 6.45) is -0.0298. The van der Waals surface area contributed by atoms with E-state index in [4.69, 9.17) is 28.0 Å². The molecule has 1 saturated heterocycles. The van der Waals surface area contributed by atoms with Gasteiger partial charge in [-0.15, -0.1) is 0 Å². The summed E-state index contributed by atoms with van der Waals surface area (Å²) in [5.41, 5.74) is 25.6. The zero-order valence-electron chi connectivity index (χ0n) is 43.1. The van der Waals surface area contributed by atoms with Gasteiger partial charge in [-0.3, -0.25) is 48.4 Å². The SMILES string of the molecule is NC(=O)CN1CCN(CC(N)=O)CCN(CC(N)=O)C(Cc2ccc(NC(=O)NCc3ccc(C(=O)N(CCCC[C@@H](NC(=O)N[C@H](CCC(=O)O)C(=O)O)C(=O)O)Cc4ccc(Br)cc4)cc3)cc2)CN(CC(N)=O)CC1. The number of nitrogens with zero attached hydrogens (tertiary/aromatic N) is 5. The molecule has 1 unspecified atom stereocenters. The average Bonchev–Trinajstić information content (AvgIpc) is 3.37. The summed E-state index contributed by atoms with van der Waals surface area (Å²) >= 11 is 3.41. The maximum Gasteiger partial charge on any atom is 0.326 e. The Balaban J connectivity index is 1.38. The Morgan fingerprint density at radius 2 is 1.09 bits per heavy atom. The lowest BCUT2D eigenvalue weighted by atomic mass is 10.0. The lowest BCUT2D eigenvalue weighted by Crippen LogP contribution is -2.54. The third-order valence-corrected chi connectivity index (χ3v) is 13.1. The Hall–Kier alpha value is -7.72. The minimum Gasteiger partial charge on any atom is -0.481 e. The first-order valence-electron chi connectivity index (χ1n) is 25.1. The van der Waals surface area contributed by atoms with Crippen LogP contribution in [0.25, 0.3) is 0 Å². The zero-order chi connectivity index (χ0) is 57.3. The van der Waals surface area contributed by atoms with Crippen LogP contribution in [-0.4, -0.2) is 196 Å². The fourth-order valence-electron chi connectivity index (χ4n) is 8.63. The molecule has 3 atom stereocenters. The summed E-state index contributed by atoms with van der Waals surface area (Å²) in [6, 6.07) is 16.2. The van der Waals surface area contributed by atoms with E-state index in [0.717, 1.165) is 15.6 Å². The largest absolute Gasteiger partial charge is 0.481 e. The second-order valence-corrected chi connectivity index (χ2v) is 19.8. The van der Waals surface area contributed by atoms with Gasteiger partial charge in [0.2, 0.25) is 23.6 Å². The van der Waals surface area contributed by atoms with Crippen molar-refractivity contribution in [3.63, 3.8) is 0 Å². The maximum absolute atomic E-state index is 14.0. The summed E-state index contributed by atoms with van der Waals surface area (Å²) in [5.74, 6) is -6.65. The van der Waals surface area contributed by atoms with Gasteiger partial charge in [0.1, 0.15) is 12.1 Å². The lowest BCUT2D eigenvalue weighted by molar-refractivity contribution is -0.141. The first-order valence-corrected chi connectivity index (χ1v) is 25.9. The molecule has 0 aromatic heterocycles. The third kappa shape index (κ3) is 23.7. The van der Waals surface area contributed by atoms with Crippen LogP contribution in [0.3, 0.4) is 0 Å². The molecule has 15 N–H and O–H groups in total. The molecule has 0 saturated carbocycles. The number of primary amides is 4. The summed E-state index contributed by atoms with van der Waals surface area (Å²) in [5, 5.41) is 38.0. The van der Waals surface area contributed by atoms with Gasteiger partial charge in [-0.1, -0.05) is 52.3 Å². The van der Waals surface area contributed by atoms with Crippen LogP contribution in [-0.2, 0) is 53.1 Å². The normalized spacial score (nSPS) is 15.7. The van der Waals surface area contributed by atoms with Crippen molar-refractivity contribution in [1.82, 2.24) is 40.4 Å². The van der Waals surface area contributed by atoms with Crippen molar-refractivity contribution in [3.05, 3.63) is 99.5 Å². The van der Waals surface area contributed by atoms with Gasteiger partial charge in [-0.2, -0.15) is 0 Å². The second-order valence-electron chi connectivity index (χ2n) is 18.9. The lowest BCUT2D eigenvalue weighted by Gasteiger charge is -2.38. The Kier molecular flexibility index (Phi) is 25.9. The van der Waals surface area contributed by atoms with Crippen LogP contribution in [0.15, 0.2) is 77.3 Å². The molecule has 1 heterocycles. The molecule has 1 aliphatic rings. The van der Waals surface area contributed by atoms with E-state index >= 15 is 0 Å². The molecular formula is C51H70BrN13O13. The summed E-state index contributed by atoms with van der Waals surface area (Å²) in [7, 11) is 0. The predicted molar refractivity (Wildman–Crippen MR) is 288 cm³/mol. The summed E-state index contributed by atoms with van der Waals surface area (Å²) < 4.78 is 0.839. The van der Waals surface area contributed by atoms with Crippen LogP contribution in [0, 0.1) is 0 Å². The number of carbonyl (C=O) groups excluding carboxylic acids is 7. The fraction of sp³-hybridized carbons (Fsp3) is 0.451. The maximum atomic E-state index is 14.0.